The van der Waals surface area contributed by atoms with Crippen molar-refractivity contribution in [2.45, 2.75) is 161 Å². The van der Waals surface area contributed by atoms with Gasteiger partial charge in [0.05, 0.1) is 0 Å². The number of rotatable bonds is 2. The Kier molecular flexibility index (Phi) is 9.56. The molecule has 0 aliphatic rings. The molecule has 0 radical (unpaired) electrons. The SMILES string of the molecule is C[Si-]([Si](C(C)(C)C)(C(C)(C)C)C(C)(C)C)[Si](C(C)(C)C)(C(C)(C)C)C(C)(C)C.[Li+]. The van der Waals surface area contributed by atoms with Crippen molar-refractivity contribution in [1.29, 1.82) is 0 Å². The van der Waals surface area contributed by atoms with Crippen LogP contribution in [0.2, 0.25) is 36.8 Å². The molecule has 170 valence electrons. The molecular formula is C25H57LiSi3. The fourth-order valence-corrected chi connectivity index (χ4v) is 78.5. The largest absolute Gasteiger partial charge is 1.00 e. The van der Waals surface area contributed by atoms with Gasteiger partial charge in [0, 0.05) is 0 Å². The Morgan fingerprint density at radius 1 is 0.345 bits per heavy atom. The first-order chi connectivity index (χ1) is 11.7. The third-order valence-electron chi connectivity index (χ3n) is 7.88. The van der Waals surface area contributed by atoms with Crippen molar-refractivity contribution in [2.24, 2.45) is 0 Å². The van der Waals surface area contributed by atoms with Crippen LogP contribution in [0.15, 0.2) is 0 Å². The van der Waals surface area contributed by atoms with Crippen LogP contribution in [0.1, 0.15) is 125 Å². The van der Waals surface area contributed by atoms with Gasteiger partial charge in [0.25, 0.3) is 0 Å². The first kappa shape index (κ1) is 32.4. The van der Waals surface area contributed by atoms with E-state index in [-0.39, 0.29) is 18.9 Å². The van der Waals surface area contributed by atoms with E-state index in [0.717, 1.165) is 0 Å². The van der Waals surface area contributed by atoms with Gasteiger partial charge in [0.1, 0.15) is 0 Å². The van der Waals surface area contributed by atoms with E-state index in [0.29, 0.717) is 30.2 Å². The standard InChI is InChI=1S/C25H57Si3.Li/c1-20(2,3)27(21(4,5)6,22(7,8)9)26(19)28(23(10,11)12,24(13,14)15)25(16,17)18;/h1-19H3;/q-1;+1. The molecule has 0 saturated heterocycles. The molecule has 0 bridgehead atoms. The molecule has 0 amide bonds. The topological polar surface area (TPSA) is 0 Å². The minimum absolute atomic E-state index is 0. The molecule has 0 unspecified atom stereocenters. The van der Waals surface area contributed by atoms with E-state index in [1.54, 1.807) is 0 Å². The van der Waals surface area contributed by atoms with E-state index in [2.05, 4.69) is 131 Å². The van der Waals surface area contributed by atoms with Crippen molar-refractivity contribution in [3.8, 4) is 0 Å². The number of hydrogen-bond donors (Lipinski definition) is 0. The summed E-state index contributed by atoms with van der Waals surface area (Å²) in [6.07, 6.45) is 0. The molecule has 0 aromatic rings. The van der Waals surface area contributed by atoms with Crippen molar-refractivity contribution >= 4 is 23.0 Å². The maximum absolute atomic E-state index is 2.84. The zero-order valence-electron chi connectivity index (χ0n) is 24.5. The fourth-order valence-electron chi connectivity index (χ4n) is 10.4. The van der Waals surface area contributed by atoms with Crippen LogP contribution in [0.4, 0.5) is 0 Å². The van der Waals surface area contributed by atoms with E-state index >= 15 is 0 Å². The maximum Gasteiger partial charge on any atom is 1.00 e. The van der Waals surface area contributed by atoms with Crippen LogP contribution in [-0.4, -0.2) is 23.0 Å². The van der Waals surface area contributed by atoms with Crippen molar-refractivity contribution in [1.82, 2.24) is 0 Å². The van der Waals surface area contributed by atoms with Crippen LogP contribution in [0.25, 0.3) is 0 Å². The quantitative estimate of drug-likeness (QED) is 0.400. The molecule has 0 aromatic carbocycles. The molecule has 0 aromatic heterocycles. The Morgan fingerprint density at radius 2 is 0.448 bits per heavy atom. The van der Waals surface area contributed by atoms with E-state index in [1.807, 2.05) is 0 Å². The van der Waals surface area contributed by atoms with Crippen LogP contribution in [0.3, 0.4) is 0 Å². The van der Waals surface area contributed by atoms with Crippen LogP contribution in [0, 0.1) is 0 Å². The Morgan fingerprint density at radius 3 is 0.517 bits per heavy atom. The zero-order chi connectivity index (χ0) is 23.6. The van der Waals surface area contributed by atoms with Gasteiger partial charge in [-0.15, -0.1) is 0 Å². The number of hydrogen-bond acceptors (Lipinski definition) is 0. The van der Waals surface area contributed by atoms with E-state index in [9.17, 15) is 0 Å². The zero-order valence-corrected chi connectivity index (χ0v) is 27.5. The summed E-state index contributed by atoms with van der Waals surface area (Å²) < 4.78 is 0. The predicted molar refractivity (Wildman–Crippen MR) is 141 cm³/mol. The summed E-state index contributed by atoms with van der Waals surface area (Å²) in [5.74, 6) is 0. The van der Waals surface area contributed by atoms with Gasteiger partial charge in [0.15, 0.2) is 0 Å². The Balaban J connectivity index is 0. The molecule has 0 heterocycles. The van der Waals surface area contributed by atoms with Crippen molar-refractivity contribution in [2.75, 3.05) is 0 Å². The van der Waals surface area contributed by atoms with Crippen LogP contribution >= 0.6 is 0 Å². The normalized spacial score (nSPS) is 16.1. The van der Waals surface area contributed by atoms with Gasteiger partial charge in [-0.25, -0.2) is 0 Å². The monoisotopic (exact) mass is 448 g/mol. The molecule has 0 saturated carbocycles. The summed E-state index contributed by atoms with van der Waals surface area (Å²) in [6, 6.07) is 0. The summed E-state index contributed by atoms with van der Waals surface area (Å²) in [7, 11) is -4.26. The minimum Gasteiger partial charge on any atom is -0.252 e. The average molecular weight is 449 g/mol. The maximum atomic E-state index is 2.84. The Labute approximate surface area is 202 Å². The van der Waals surface area contributed by atoms with Crippen LogP contribution < -0.4 is 18.9 Å². The summed E-state index contributed by atoms with van der Waals surface area (Å²) in [6.45, 7) is 49.8. The first-order valence-corrected chi connectivity index (χ1v) is 19.5. The van der Waals surface area contributed by atoms with Crippen molar-refractivity contribution < 1.29 is 18.9 Å². The Hall–Kier alpha value is 1.25. The van der Waals surface area contributed by atoms with E-state index in [1.165, 1.54) is 0 Å². The second-order valence-electron chi connectivity index (χ2n) is 15.6. The summed E-state index contributed by atoms with van der Waals surface area (Å²) >= 11 is 0. The second-order valence-corrected chi connectivity index (χ2v) is 39.4. The summed E-state index contributed by atoms with van der Waals surface area (Å²) in [4.78, 5) is 0. The van der Waals surface area contributed by atoms with Crippen LogP contribution in [-0.2, 0) is 0 Å². The molecule has 0 aliphatic carbocycles. The summed E-state index contributed by atoms with van der Waals surface area (Å²) in [5.41, 5.74) is 0. The van der Waals surface area contributed by atoms with Gasteiger partial charge in [-0.3, -0.25) is 7.83 Å². The van der Waals surface area contributed by atoms with Gasteiger partial charge in [-0.1, -0.05) is 170 Å². The molecule has 0 fully saturated rings. The molecule has 0 spiro atoms. The first-order valence-electron chi connectivity index (χ1n) is 11.5. The molecule has 29 heavy (non-hydrogen) atoms. The molecule has 0 N–H and O–H groups in total. The second kappa shape index (κ2) is 8.55. The third-order valence-corrected chi connectivity index (χ3v) is 50.6. The summed E-state index contributed by atoms with van der Waals surface area (Å²) in [5, 5.41) is 2.29. The average Bonchev–Trinajstić information content (AvgIpc) is 2.14. The van der Waals surface area contributed by atoms with Crippen molar-refractivity contribution in [3.05, 3.63) is 0 Å². The molecular weight excluding hydrogens is 391 g/mol. The fraction of sp³-hybridized carbons (Fsp3) is 1.00. The van der Waals surface area contributed by atoms with Gasteiger partial charge in [-0.05, 0) is 0 Å². The minimum atomic E-state index is -1.80. The van der Waals surface area contributed by atoms with E-state index < -0.39 is 23.0 Å². The van der Waals surface area contributed by atoms with Gasteiger partial charge < -0.3 is 0 Å². The molecule has 0 aliphatic heterocycles. The molecule has 0 atom stereocenters. The van der Waals surface area contributed by atoms with Crippen LogP contribution in [0.5, 0.6) is 0 Å². The van der Waals surface area contributed by atoms with Gasteiger partial charge in [-0.2, -0.15) is 6.55 Å². The van der Waals surface area contributed by atoms with Crippen molar-refractivity contribution in [3.63, 3.8) is 0 Å². The molecule has 0 nitrogen and oxygen atoms in total. The van der Waals surface area contributed by atoms with E-state index in [4.69, 9.17) is 0 Å². The Bertz CT molecular complexity index is 415. The van der Waals surface area contributed by atoms with Gasteiger partial charge >= 0.3 is 18.9 Å². The third kappa shape index (κ3) is 4.80. The van der Waals surface area contributed by atoms with Gasteiger partial charge in [0.2, 0.25) is 0 Å². The molecule has 4 heteroatoms. The smallest absolute Gasteiger partial charge is 0.252 e. The predicted octanol–water partition coefficient (Wildman–Crippen LogP) is 6.97. The molecule has 0 rings (SSSR count).